The minimum atomic E-state index is -0.116. The Morgan fingerprint density at radius 1 is 0.926 bits per heavy atom. The van der Waals surface area contributed by atoms with E-state index in [9.17, 15) is 9.59 Å². The number of rotatable bonds is 8. The first-order valence-corrected chi connectivity index (χ1v) is 11.0. The van der Waals surface area contributed by atoms with Crippen LogP contribution in [-0.4, -0.2) is 34.1 Å². The third kappa shape index (κ3) is 3.97. The third-order valence-corrected chi connectivity index (χ3v) is 6.50. The molecule has 2 amide bonds. The maximum Gasteiger partial charge on any atom is 0.267 e. The number of anilines is 1. The van der Waals surface area contributed by atoms with Gasteiger partial charge in [0, 0.05) is 18.7 Å². The summed E-state index contributed by atoms with van der Waals surface area (Å²) in [6.07, 6.45) is 6.99. The lowest BCUT2D eigenvalue weighted by molar-refractivity contribution is -0.122. The molecule has 2 aliphatic rings. The fourth-order valence-electron chi connectivity index (χ4n) is 3.61. The molecule has 1 saturated heterocycles. The third-order valence-electron chi connectivity index (χ3n) is 5.05. The first kappa shape index (κ1) is 20.1. The second kappa shape index (κ2) is 9.02. The number of thioether (sulfide) groups is 1. The van der Waals surface area contributed by atoms with E-state index >= 15 is 0 Å². The van der Waals surface area contributed by atoms with Crippen molar-refractivity contribution >= 4 is 51.4 Å². The molecule has 2 aliphatic heterocycles. The second-order valence-corrected chi connectivity index (χ2v) is 8.51. The molecule has 0 bridgehead atoms. The first-order valence-electron chi connectivity index (χ1n) is 9.79. The Morgan fingerprint density at radius 3 is 2.37 bits per heavy atom. The second-order valence-electron chi connectivity index (χ2n) is 6.86. The summed E-state index contributed by atoms with van der Waals surface area (Å²) in [5.74, 6) is -0.214. The zero-order chi connectivity index (χ0) is 19.4. The molecule has 0 aromatic heterocycles. The van der Waals surface area contributed by atoms with Gasteiger partial charge in [0.2, 0.25) is 0 Å². The summed E-state index contributed by atoms with van der Waals surface area (Å²) in [4.78, 5) is 29.8. The van der Waals surface area contributed by atoms with E-state index in [4.69, 9.17) is 12.2 Å². The van der Waals surface area contributed by atoms with Gasteiger partial charge in [0.15, 0.2) is 0 Å². The van der Waals surface area contributed by atoms with Crippen molar-refractivity contribution in [3.63, 3.8) is 0 Å². The molecule has 0 aliphatic carbocycles. The highest BCUT2D eigenvalue weighted by atomic mass is 32.2. The summed E-state index contributed by atoms with van der Waals surface area (Å²) in [5.41, 5.74) is 2.22. The van der Waals surface area contributed by atoms with Gasteiger partial charge >= 0.3 is 0 Å². The minimum Gasteiger partial charge on any atom is -0.308 e. The van der Waals surface area contributed by atoms with Crippen molar-refractivity contribution in [1.82, 2.24) is 4.90 Å². The number of benzene rings is 1. The molecule has 6 heteroatoms. The molecule has 0 radical (unpaired) electrons. The van der Waals surface area contributed by atoms with Gasteiger partial charge in [-0.05, 0) is 19.4 Å². The topological polar surface area (TPSA) is 40.6 Å². The number of hydrogen-bond donors (Lipinski definition) is 0. The predicted octanol–water partition coefficient (Wildman–Crippen LogP) is 4.99. The molecule has 0 unspecified atom stereocenters. The molecule has 3 rings (SSSR count). The van der Waals surface area contributed by atoms with Crippen LogP contribution in [0.3, 0.4) is 0 Å². The molecule has 2 heterocycles. The van der Waals surface area contributed by atoms with Crippen molar-refractivity contribution in [2.45, 2.75) is 52.4 Å². The molecule has 1 aromatic carbocycles. The van der Waals surface area contributed by atoms with E-state index in [0.717, 1.165) is 24.1 Å². The van der Waals surface area contributed by atoms with Gasteiger partial charge in [-0.3, -0.25) is 14.5 Å². The van der Waals surface area contributed by atoms with E-state index < -0.39 is 0 Å². The zero-order valence-corrected chi connectivity index (χ0v) is 17.6. The Balaban J connectivity index is 1.77. The number of carbonyl (C=O) groups is 2. The van der Waals surface area contributed by atoms with Crippen LogP contribution in [0.5, 0.6) is 0 Å². The van der Waals surface area contributed by atoms with E-state index in [2.05, 4.69) is 6.92 Å². The SMILES string of the molecule is CCCCCCCCN1C(=O)/C(=C2/C(=O)N(CC)c3ccccc32)SC1=S. The Hall–Kier alpha value is -1.66. The van der Waals surface area contributed by atoms with Crippen LogP contribution in [0.2, 0.25) is 0 Å². The quantitative estimate of drug-likeness (QED) is 0.349. The summed E-state index contributed by atoms with van der Waals surface area (Å²) < 4.78 is 0.566. The molecule has 4 nitrogen and oxygen atoms in total. The number of carbonyl (C=O) groups excluding carboxylic acids is 2. The van der Waals surface area contributed by atoms with Crippen molar-refractivity contribution in [3.05, 3.63) is 34.7 Å². The Labute approximate surface area is 171 Å². The smallest absolute Gasteiger partial charge is 0.267 e. The molecule has 1 aromatic rings. The van der Waals surface area contributed by atoms with E-state index in [1.807, 2.05) is 31.2 Å². The number of likely N-dealkylation sites (N-methyl/N-ethyl adjacent to an activating group) is 1. The van der Waals surface area contributed by atoms with Gasteiger partial charge in [0.1, 0.15) is 4.32 Å². The standard InChI is InChI=1S/C21H26N2O2S2/c1-3-5-6-7-8-11-14-23-20(25)18(27-21(23)26)17-15-12-9-10-13-16(15)22(4-2)19(17)24/h9-10,12-13H,3-8,11,14H2,1-2H3/b18-17-. The van der Waals surface area contributed by atoms with Crippen molar-refractivity contribution in [3.8, 4) is 0 Å². The van der Waals surface area contributed by atoms with Gasteiger partial charge in [-0.15, -0.1) is 0 Å². The van der Waals surface area contributed by atoms with Crippen molar-refractivity contribution < 1.29 is 9.59 Å². The molecule has 1 fully saturated rings. The molecule has 27 heavy (non-hydrogen) atoms. The van der Waals surface area contributed by atoms with Crippen LogP contribution in [-0.2, 0) is 9.59 Å². The fourth-order valence-corrected chi connectivity index (χ4v) is 4.99. The maximum absolute atomic E-state index is 13.0. The highest BCUT2D eigenvalue weighted by Crippen LogP contribution is 2.44. The molecule has 0 atom stereocenters. The number of fused-ring (bicyclic) bond motifs is 1. The largest absolute Gasteiger partial charge is 0.308 e. The van der Waals surface area contributed by atoms with Gasteiger partial charge in [-0.1, -0.05) is 81.2 Å². The van der Waals surface area contributed by atoms with Gasteiger partial charge in [0.25, 0.3) is 11.8 Å². The van der Waals surface area contributed by atoms with Crippen LogP contribution in [0.1, 0.15) is 57.9 Å². The van der Waals surface area contributed by atoms with Crippen LogP contribution >= 0.6 is 24.0 Å². The van der Waals surface area contributed by atoms with E-state index in [0.29, 0.717) is 27.9 Å². The molecule has 0 saturated carbocycles. The van der Waals surface area contributed by atoms with Gasteiger partial charge in [0.05, 0.1) is 16.2 Å². The number of hydrogen-bond acceptors (Lipinski definition) is 4. The molecular formula is C21H26N2O2S2. The van der Waals surface area contributed by atoms with Crippen molar-refractivity contribution in [2.24, 2.45) is 0 Å². The van der Waals surface area contributed by atoms with E-state index in [1.165, 1.54) is 37.4 Å². The Kier molecular flexibility index (Phi) is 6.71. The maximum atomic E-state index is 13.0. The predicted molar refractivity (Wildman–Crippen MR) is 117 cm³/mol. The average Bonchev–Trinajstić information content (AvgIpc) is 3.10. The summed E-state index contributed by atoms with van der Waals surface area (Å²) in [5, 5.41) is 0. The lowest BCUT2D eigenvalue weighted by atomic mass is 10.1. The molecule has 144 valence electrons. The van der Waals surface area contributed by atoms with Gasteiger partial charge in [-0.25, -0.2) is 0 Å². The highest BCUT2D eigenvalue weighted by Gasteiger charge is 2.41. The Morgan fingerprint density at radius 2 is 1.63 bits per heavy atom. The summed E-state index contributed by atoms with van der Waals surface area (Å²) in [6, 6.07) is 7.67. The minimum absolute atomic E-state index is 0.0984. The van der Waals surface area contributed by atoms with Gasteiger partial charge in [-0.2, -0.15) is 0 Å². The van der Waals surface area contributed by atoms with Crippen molar-refractivity contribution in [2.75, 3.05) is 18.0 Å². The lowest BCUT2D eigenvalue weighted by Crippen LogP contribution is -2.30. The number of amides is 2. The number of unbranched alkanes of at least 4 members (excludes halogenated alkanes) is 5. The summed E-state index contributed by atoms with van der Waals surface area (Å²) >= 11 is 6.72. The number of para-hydroxylation sites is 1. The van der Waals surface area contributed by atoms with Crippen LogP contribution in [0.15, 0.2) is 29.2 Å². The average molecular weight is 403 g/mol. The zero-order valence-electron chi connectivity index (χ0n) is 16.0. The Bertz CT molecular complexity index is 788. The number of nitrogens with zero attached hydrogens (tertiary/aromatic N) is 2. The monoisotopic (exact) mass is 402 g/mol. The normalized spacial score (nSPS) is 19.4. The first-order chi connectivity index (χ1) is 13.1. The van der Waals surface area contributed by atoms with Crippen LogP contribution < -0.4 is 4.90 Å². The van der Waals surface area contributed by atoms with Crippen LogP contribution in [0, 0.1) is 0 Å². The summed E-state index contributed by atoms with van der Waals surface area (Å²) in [6.45, 7) is 5.37. The molecule has 0 N–H and O–H groups in total. The summed E-state index contributed by atoms with van der Waals surface area (Å²) in [7, 11) is 0. The lowest BCUT2D eigenvalue weighted by Gasteiger charge is -2.14. The van der Waals surface area contributed by atoms with Crippen molar-refractivity contribution in [1.29, 1.82) is 0 Å². The van der Waals surface area contributed by atoms with E-state index in [-0.39, 0.29) is 11.8 Å². The van der Waals surface area contributed by atoms with E-state index in [1.54, 1.807) is 9.80 Å². The van der Waals surface area contributed by atoms with Crippen LogP contribution in [0.25, 0.3) is 5.57 Å². The number of thiocarbonyl (C=S) groups is 1. The van der Waals surface area contributed by atoms with Crippen LogP contribution in [0.4, 0.5) is 5.69 Å². The fraction of sp³-hybridized carbons (Fsp3) is 0.476. The molecular weight excluding hydrogens is 376 g/mol. The van der Waals surface area contributed by atoms with Gasteiger partial charge < -0.3 is 4.90 Å². The highest BCUT2D eigenvalue weighted by molar-refractivity contribution is 8.26. The molecule has 0 spiro atoms.